The van der Waals surface area contributed by atoms with Gasteiger partial charge in [-0.1, -0.05) is 6.07 Å². The average Bonchev–Trinajstić information content (AvgIpc) is 3.17. The van der Waals surface area contributed by atoms with Crippen LogP contribution in [0.15, 0.2) is 6.07 Å². The lowest BCUT2D eigenvalue weighted by Crippen LogP contribution is -2.60. The predicted octanol–water partition coefficient (Wildman–Crippen LogP) is 2.36. The molecule has 6 nitrogen and oxygen atoms in total. The lowest BCUT2D eigenvalue weighted by molar-refractivity contribution is -0.152. The molecule has 1 heterocycles. The minimum Gasteiger partial charge on any atom is -0.307 e. The lowest BCUT2D eigenvalue weighted by Gasteiger charge is -2.38. The first-order valence-electron chi connectivity index (χ1n) is 9.40. The van der Waals surface area contributed by atoms with Gasteiger partial charge in [0.25, 0.3) is 0 Å². The van der Waals surface area contributed by atoms with Crippen LogP contribution in [-0.4, -0.2) is 50.4 Å². The number of hydrogen-bond donors (Lipinski definition) is 2. The molecule has 2 N–H and O–H groups in total. The van der Waals surface area contributed by atoms with E-state index in [0.717, 1.165) is 60.2 Å². The zero-order valence-corrected chi connectivity index (χ0v) is 16.0. The number of fused-ring (bicyclic) bond motifs is 2. The van der Waals surface area contributed by atoms with E-state index in [9.17, 15) is 26.4 Å². The van der Waals surface area contributed by atoms with E-state index in [1.807, 2.05) is 4.72 Å². The first kappa shape index (κ1) is 19.5. The Bertz CT molecular complexity index is 877. The predicted molar refractivity (Wildman–Crippen MR) is 97.8 cm³/mol. The van der Waals surface area contributed by atoms with Crippen LogP contribution in [0.5, 0.6) is 0 Å². The number of anilines is 1. The molecule has 2 amide bonds. The molecule has 1 fully saturated rings. The van der Waals surface area contributed by atoms with Gasteiger partial charge in [0.1, 0.15) is 5.25 Å². The fourth-order valence-electron chi connectivity index (χ4n) is 4.42. The van der Waals surface area contributed by atoms with Crippen molar-refractivity contribution in [2.75, 3.05) is 25.0 Å². The summed E-state index contributed by atoms with van der Waals surface area (Å²) in [4.78, 5) is 13.4. The minimum atomic E-state index is -4.37. The van der Waals surface area contributed by atoms with E-state index in [1.165, 1.54) is 11.1 Å². The van der Waals surface area contributed by atoms with Crippen LogP contribution in [0.2, 0.25) is 0 Å². The number of aryl methyl sites for hydroxylation is 2. The van der Waals surface area contributed by atoms with Crippen LogP contribution in [0.1, 0.15) is 35.1 Å². The molecule has 2 aliphatic carbocycles. The van der Waals surface area contributed by atoms with Gasteiger partial charge >= 0.3 is 12.2 Å². The van der Waals surface area contributed by atoms with Gasteiger partial charge in [-0.25, -0.2) is 17.9 Å². The molecule has 10 heteroatoms. The third-order valence-electron chi connectivity index (χ3n) is 5.71. The van der Waals surface area contributed by atoms with E-state index < -0.39 is 34.0 Å². The molecular weight excluding hydrogens is 395 g/mol. The Hall–Kier alpha value is -1.81. The van der Waals surface area contributed by atoms with Gasteiger partial charge in [0.05, 0.1) is 6.54 Å². The number of hydrogen-bond acceptors (Lipinski definition) is 4. The number of amides is 2. The van der Waals surface area contributed by atoms with Crippen LogP contribution in [-0.2, 0) is 35.7 Å². The maximum absolute atomic E-state index is 12.4. The van der Waals surface area contributed by atoms with Crippen LogP contribution in [0.4, 0.5) is 23.7 Å². The Kier molecular flexibility index (Phi) is 4.81. The highest BCUT2D eigenvalue weighted by Crippen LogP contribution is 2.38. The minimum absolute atomic E-state index is 0.238. The van der Waals surface area contributed by atoms with Crippen molar-refractivity contribution in [2.24, 2.45) is 0 Å². The Balaban J connectivity index is 1.42. The zero-order chi connectivity index (χ0) is 20.1. The summed E-state index contributed by atoms with van der Waals surface area (Å²) >= 11 is 0. The van der Waals surface area contributed by atoms with Crippen molar-refractivity contribution in [1.82, 2.24) is 9.62 Å². The first-order chi connectivity index (χ1) is 13.1. The second-order valence-electron chi connectivity index (χ2n) is 7.77. The van der Waals surface area contributed by atoms with Gasteiger partial charge in [0, 0.05) is 18.8 Å². The third kappa shape index (κ3) is 3.84. The number of carbonyl (C=O) groups is 1. The molecule has 1 saturated heterocycles. The molecule has 4 rings (SSSR count). The monoisotopic (exact) mass is 417 g/mol. The molecule has 0 unspecified atom stereocenters. The number of likely N-dealkylation sites (tertiary alicyclic amines) is 1. The number of alkyl halides is 3. The van der Waals surface area contributed by atoms with Crippen molar-refractivity contribution in [3.63, 3.8) is 0 Å². The van der Waals surface area contributed by atoms with Crippen LogP contribution in [0, 0.1) is 0 Å². The Morgan fingerprint density at radius 1 is 1.07 bits per heavy atom. The highest BCUT2D eigenvalue weighted by atomic mass is 32.2. The third-order valence-corrected chi connectivity index (χ3v) is 7.36. The number of halogens is 3. The fourth-order valence-corrected chi connectivity index (χ4v) is 5.71. The average molecular weight is 417 g/mol. The Morgan fingerprint density at radius 3 is 2.18 bits per heavy atom. The van der Waals surface area contributed by atoms with Crippen molar-refractivity contribution in [3.8, 4) is 0 Å². The molecule has 1 aromatic rings. The van der Waals surface area contributed by atoms with Gasteiger partial charge in [-0.2, -0.15) is 13.2 Å². The molecule has 0 radical (unpaired) electrons. The fraction of sp³-hybridized carbons (Fsp3) is 0.611. The van der Waals surface area contributed by atoms with Gasteiger partial charge in [0.2, 0.25) is 10.0 Å². The molecule has 28 heavy (non-hydrogen) atoms. The quantitative estimate of drug-likeness (QED) is 0.789. The van der Waals surface area contributed by atoms with Crippen molar-refractivity contribution < 1.29 is 26.4 Å². The zero-order valence-electron chi connectivity index (χ0n) is 15.2. The topological polar surface area (TPSA) is 78.5 Å². The Labute approximate surface area is 161 Å². The van der Waals surface area contributed by atoms with Crippen molar-refractivity contribution >= 4 is 21.7 Å². The van der Waals surface area contributed by atoms with Crippen molar-refractivity contribution in [3.05, 3.63) is 28.3 Å². The summed E-state index contributed by atoms with van der Waals surface area (Å²) in [6.45, 7) is -1.62. The van der Waals surface area contributed by atoms with E-state index in [1.54, 1.807) is 0 Å². The number of nitrogens with zero attached hydrogens (tertiary/aromatic N) is 1. The van der Waals surface area contributed by atoms with Crippen LogP contribution in [0.3, 0.4) is 0 Å². The maximum atomic E-state index is 12.4. The highest BCUT2D eigenvalue weighted by molar-refractivity contribution is 7.90. The summed E-state index contributed by atoms with van der Waals surface area (Å²) < 4.78 is 63.7. The largest absolute Gasteiger partial charge is 0.401 e. The van der Waals surface area contributed by atoms with Gasteiger partial charge < -0.3 is 5.32 Å². The van der Waals surface area contributed by atoms with E-state index in [0.29, 0.717) is 0 Å². The number of benzene rings is 1. The lowest BCUT2D eigenvalue weighted by atomic mass is 9.99. The van der Waals surface area contributed by atoms with Gasteiger partial charge in [-0.3, -0.25) is 4.90 Å². The maximum Gasteiger partial charge on any atom is 0.401 e. The molecule has 0 saturated carbocycles. The summed E-state index contributed by atoms with van der Waals surface area (Å²) in [6, 6.07) is 1.36. The highest BCUT2D eigenvalue weighted by Gasteiger charge is 2.43. The van der Waals surface area contributed by atoms with Gasteiger partial charge in [-0.15, -0.1) is 0 Å². The molecule has 0 bridgehead atoms. The first-order valence-corrected chi connectivity index (χ1v) is 11.0. The summed E-state index contributed by atoms with van der Waals surface area (Å²) in [5, 5.41) is 1.71. The molecule has 0 spiro atoms. The van der Waals surface area contributed by atoms with Crippen LogP contribution >= 0.6 is 0 Å². The summed E-state index contributed by atoms with van der Waals surface area (Å²) in [7, 11) is -4.03. The number of sulfonamides is 1. The molecular formula is C18H22F3N3O3S. The number of carbonyl (C=O) groups excluding carboxylic acids is 1. The number of nitrogens with one attached hydrogen (secondary N) is 2. The van der Waals surface area contributed by atoms with E-state index >= 15 is 0 Å². The Morgan fingerprint density at radius 2 is 1.64 bits per heavy atom. The number of rotatable bonds is 4. The smallest absolute Gasteiger partial charge is 0.307 e. The molecule has 0 aromatic heterocycles. The second-order valence-corrected chi connectivity index (χ2v) is 9.73. The summed E-state index contributed by atoms with van der Waals surface area (Å²) in [5.41, 5.74) is 5.30. The molecule has 1 aromatic carbocycles. The van der Waals surface area contributed by atoms with Crippen molar-refractivity contribution in [1.29, 1.82) is 0 Å². The molecule has 3 aliphatic rings. The normalized spacial score (nSPS) is 19.8. The standard InChI is InChI=1S/C18H22F3N3O3S/c19-18(20,21)10-24-8-13(9-24)28(26,27)23-17(25)22-16-14-5-1-3-11(14)7-12-4-2-6-15(12)16/h7,13H,1-6,8-10H2,(H2,22,23,25). The van der Waals surface area contributed by atoms with E-state index in [2.05, 4.69) is 11.4 Å². The summed E-state index contributed by atoms with van der Waals surface area (Å²) in [5.74, 6) is 0. The second kappa shape index (κ2) is 6.91. The SMILES string of the molecule is O=C(Nc1c2c(cc3c1CCC3)CCC2)NS(=O)(=O)C1CN(CC(F)(F)F)C1. The van der Waals surface area contributed by atoms with Crippen molar-refractivity contribution in [2.45, 2.75) is 50.0 Å². The molecule has 1 aliphatic heterocycles. The van der Waals surface area contributed by atoms with Crippen LogP contribution < -0.4 is 10.0 Å². The number of urea groups is 1. The summed E-state index contributed by atoms with van der Waals surface area (Å²) in [6.07, 6.45) is 1.24. The van der Waals surface area contributed by atoms with Gasteiger partial charge in [0.15, 0.2) is 0 Å². The molecule has 154 valence electrons. The van der Waals surface area contributed by atoms with E-state index in [4.69, 9.17) is 0 Å². The van der Waals surface area contributed by atoms with Gasteiger partial charge in [-0.05, 0) is 60.8 Å². The van der Waals surface area contributed by atoms with Crippen LogP contribution in [0.25, 0.3) is 0 Å². The van der Waals surface area contributed by atoms with E-state index in [-0.39, 0.29) is 13.1 Å². The molecule has 0 atom stereocenters.